The summed E-state index contributed by atoms with van der Waals surface area (Å²) in [4.78, 5) is 22.6. The van der Waals surface area contributed by atoms with Crippen molar-refractivity contribution in [3.8, 4) is 0 Å². The number of carbonyl (C=O) groups is 2. The SMILES string of the molecule is Cc1[nH]ncc1CC(=O)N[C@H](C(=O)O)C(C)C. The minimum Gasteiger partial charge on any atom is -0.480 e. The fourth-order valence-electron chi connectivity index (χ4n) is 1.46. The minimum atomic E-state index is -1.02. The first-order chi connectivity index (χ1) is 7.91. The van der Waals surface area contributed by atoms with Crippen LogP contribution in [0.1, 0.15) is 25.1 Å². The number of amides is 1. The molecule has 1 rings (SSSR count). The van der Waals surface area contributed by atoms with Crippen molar-refractivity contribution in [3.05, 3.63) is 17.5 Å². The number of nitrogens with zero attached hydrogens (tertiary/aromatic N) is 1. The number of aliphatic carboxylic acids is 1. The summed E-state index contributed by atoms with van der Waals surface area (Å²) < 4.78 is 0. The highest BCUT2D eigenvalue weighted by atomic mass is 16.4. The predicted octanol–water partition coefficient (Wildman–Crippen LogP) is 0.486. The number of hydrogen-bond donors (Lipinski definition) is 3. The number of aryl methyl sites for hydroxylation is 1. The lowest BCUT2D eigenvalue weighted by molar-refractivity contribution is -0.143. The summed E-state index contributed by atoms with van der Waals surface area (Å²) in [5.74, 6) is -1.48. The molecular formula is C11H17N3O3. The largest absolute Gasteiger partial charge is 0.480 e. The summed E-state index contributed by atoms with van der Waals surface area (Å²) >= 11 is 0. The van der Waals surface area contributed by atoms with Crippen LogP contribution in [0.2, 0.25) is 0 Å². The molecule has 0 saturated heterocycles. The van der Waals surface area contributed by atoms with Gasteiger partial charge in [-0.15, -0.1) is 0 Å². The summed E-state index contributed by atoms with van der Waals surface area (Å²) in [7, 11) is 0. The maximum Gasteiger partial charge on any atom is 0.326 e. The molecule has 0 aromatic carbocycles. The third kappa shape index (κ3) is 3.58. The average Bonchev–Trinajstić information content (AvgIpc) is 2.60. The Morgan fingerprint density at radius 3 is 2.59 bits per heavy atom. The van der Waals surface area contributed by atoms with Crippen molar-refractivity contribution < 1.29 is 14.7 Å². The van der Waals surface area contributed by atoms with Crippen LogP contribution < -0.4 is 5.32 Å². The van der Waals surface area contributed by atoms with Crippen LogP contribution in [0.25, 0.3) is 0 Å². The molecule has 1 aromatic heterocycles. The Morgan fingerprint density at radius 1 is 1.53 bits per heavy atom. The fourth-order valence-corrected chi connectivity index (χ4v) is 1.46. The number of hydrogen-bond acceptors (Lipinski definition) is 3. The zero-order chi connectivity index (χ0) is 13.0. The minimum absolute atomic E-state index is 0.138. The van der Waals surface area contributed by atoms with E-state index in [1.165, 1.54) is 0 Å². The zero-order valence-corrected chi connectivity index (χ0v) is 10.2. The van der Waals surface area contributed by atoms with Crippen LogP contribution in [0, 0.1) is 12.8 Å². The van der Waals surface area contributed by atoms with Crippen LogP contribution in [-0.2, 0) is 16.0 Å². The zero-order valence-electron chi connectivity index (χ0n) is 10.2. The van der Waals surface area contributed by atoms with Gasteiger partial charge in [0.05, 0.1) is 12.6 Å². The van der Waals surface area contributed by atoms with Gasteiger partial charge in [0.25, 0.3) is 0 Å². The average molecular weight is 239 g/mol. The van der Waals surface area contributed by atoms with E-state index in [9.17, 15) is 9.59 Å². The summed E-state index contributed by atoms with van der Waals surface area (Å²) in [6.45, 7) is 5.32. The van der Waals surface area contributed by atoms with E-state index in [-0.39, 0.29) is 18.2 Å². The molecule has 1 heterocycles. The number of rotatable bonds is 5. The van der Waals surface area contributed by atoms with E-state index >= 15 is 0 Å². The number of aromatic amines is 1. The highest BCUT2D eigenvalue weighted by Gasteiger charge is 2.23. The molecular weight excluding hydrogens is 222 g/mol. The molecule has 0 aliphatic rings. The molecule has 1 aromatic rings. The highest BCUT2D eigenvalue weighted by molar-refractivity contribution is 5.85. The second-order valence-electron chi connectivity index (χ2n) is 4.32. The molecule has 6 nitrogen and oxygen atoms in total. The number of aromatic nitrogens is 2. The van der Waals surface area contributed by atoms with E-state index in [0.29, 0.717) is 0 Å². The van der Waals surface area contributed by atoms with Gasteiger partial charge >= 0.3 is 5.97 Å². The standard InChI is InChI=1S/C11H17N3O3/c1-6(2)10(11(16)17)13-9(15)4-8-5-12-14-7(8)3/h5-6,10H,4H2,1-3H3,(H,12,14)(H,13,15)(H,16,17)/t10-/m0/s1. The Kier molecular flexibility index (Phi) is 4.25. The third-order valence-electron chi connectivity index (χ3n) is 2.53. The van der Waals surface area contributed by atoms with Gasteiger partial charge in [0, 0.05) is 11.3 Å². The van der Waals surface area contributed by atoms with Crippen molar-refractivity contribution in [3.63, 3.8) is 0 Å². The first-order valence-electron chi connectivity index (χ1n) is 5.42. The van der Waals surface area contributed by atoms with Gasteiger partial charge in [-0.05, 0) is 12.8 Å². The van der Waals surface area contributed by atoms with E-state index < -0.39 is 12.0 Å². The first kappa shape index (κ1) is 13.2. The molecule has 94 valence electrons. The lowest BCUT2D eigenvalue weighted by atomic mass is 10.0. The van der Waals surface area contributed by atoms with Gasteiger partial charge in [-0.25, -0.2) is 4.79 Å². The molecule has 0 unspecified atom stereocenters. The van der Waals surface area contributed by atoms with Gasteiger partial charge in [-0.3, -0.25) is 9.89 Å². The van der Waals surface area contributed by atoms with Crippen LogP contribution in [0.3, 0.4) is 0 Å². The van der Waals surface area contributed by atoms with Crippen LogP contribution in [0.5, 0.6) is 0 Å². The van der Waals surface area contributed by atoms with E-state index in [4.69, 9.17) is 5.11 Å². The number of nitrogens with one attached hydrogen (secondary N) is 2. The van der Waals surface area contributed by atoms with E-state index in [0.717, 1.165) is 11.3 Å². The second-order valence-corrected chi connectivity index (χ2v) is 4.32. The molecule has 0 saturated carbocycles. The quantitative estimate of drug-likeness (QED) is 0.696. The van der Waals surface area contributed by atoms with Gasteiger partial charge in [0.15, 0.2) is 0 Å². The first-order valence-corrected chi connectivity index (χ1v) is 5.42. The molecule has 0 fully saturated rings. The van der Waals surface area contributed by atoms with Gasteiger partial charge in [0.2, 0.25) is 5.91 Å². The number of carboxylic acids is 1. The van der Waals surface area contributed by atoms with Gasteiger partial charge in [-0.2, -0.15) is 5.10 Å². The second kappa shape index (κ2) is 5.47. The molecule has 6 heteroatoms. The van der Waals surface area contributed by atoms with Crippen LogP contribution in [-0.4, -0.2) is 33.2 Å². The summed E-state index contributed by atoms with van der Waals surface area (Å²) in [6, 6.07) is -0.852. The molecule has 1 amide bonds. The normalized spacial score (nSPS) is 12.5. The number of H-pyrrole nitrogens is 1. The van der Waals surface area contributed by atoms with Crippen molar-refractivity contribution in [1.82, 2.24) is 15.5 Å². The molecule has 0 aliphatic carbocycles. The maximum absolute atomic E-state index is 11.7. The van der Waals surface area contributed by atoms with Crippen LogP contribution in [0.4, 0.5) is 0 Å². The molecule has 17 heavy (non-hydrogen) atoms. The Labute approximate surface area is 99.4 Å². The third-order valence-corrected chi connectivity index (χ3v) is 2.53. The van der Waals surface area contributed by atoms with E-state index in [1.54, 1.807) is 20.0 Å². The molecule has 0 spiro atoms. The van der Waals surface area contributed by atoms with E-state index in [2.05, 4.69) is 15.5 Å². The molecule has 3 N–H and O–H groups in total. The summed E-state index contributed by atoms with van der Waals surface area (Å²) in [5.41, 5.74) is 1.59. The van der Waals surface area contributed by atoms with Crippen LogP contribution in [0.15, 0.2) is 6.20 Å². The Balaban J connectivity index is 2.60. The van der Waals surface area contributed by atoms with E-state index in [1.807, 2.05) is 6.92 Å². The van der Waals surface area contributed by atoms with Gasteiger partial charge in [-0.1, -0.05) is 13.8 Å². The monoisotopic (exact) mass is 239 g/mol. The van der Waals surface area contributed by atoms with Crippen molar-refractivity contribution in [2.24, 2.45) is 5.92 Å². The van der Waals surface area contributed by atoms with Gasteiger partial charge < -0.3 is 10.4 Å². The van der Waals surface area contributed by atoms with Crippen molar-refractivity contribution in [2.75, 3.05) is 0 Å². The van der Waals surface area contributed by atoms with Crippen molar-refractivity contribution >= 4 is 11.9 Å². The molecule has 0 radical (unpaired) electrons. The summed E-state index contributed by atoms with van der Waals surface area (Å²) in [5, 5.41) is 18.0. The molecule has 0 aliphatic heterocycles. The van der Waals surface area contributed by atoms with Crippen LogP contribution >= 0.6 is 0 Å². The smallest absolute Gasteiger partial charge is 0.326 e. The number of carboxylic acid groups (broad SMARTS) is 1. The lowest BCUT2D eigenvalue weighted by Gasteiger charge is -2.17. The Hall–Kier alpha value is -1.85. The van der Waals surface area contributed by atoms with Gasteiger partial charge in [0.1, 0.15) is 6.04 Å². The summed E-state index contributed by atoms with van der Waals surface area (Å²) in [6.07, 6.45) is 1.71. The Bertz CT molecular complexity index is 412. The Morgan fingerprint density at radius 2 is 2.18 bits per heavy atom. The topological polar surface area (TPSA) is 95.1 Å². The molecule has 1 atom stereocenters. The lowest BCUT2D eigenvalue weighted by Crippen LogP contribution is -2.44. The molecule has 0 bridgehead atoms. The highest BCUT2D eigenvalue weighted by Crippen LogP contribution is 2.06. The maximum atomic E-state index is 11.7. The van der Waals surface area contributed by atoms with Crippen molar-refractivity contribution in [1.29, 1.82) is 0 Å². The van der Waals surface area contributed by atoms with Crippen molar-refractivity contribution in [2.45, 2.75) is 33.2 Å². The fraction of sp³-hybridized carbons (Fsp3) is 0.545. The predicted molar refractivity (Wildman–Crippen MR) is 61.4 cm³/mol. The number of carbonyl (C=O) groups excluding carboxylic acids is 1.